The van der Waals surface area contributed by atoms with Crippen molar-refractivity contribution in [1.82, 2.24) is 9.97 Å². The van der Waals surface area contributed by atoms with Gasteiger partial charge in [0, 0.05) is 51.2 Å². The second-order valence-electron chi connectivity index (χ2n) is 7.52. The predicted octanol–water partition coefficient (Wildman–Crippen LogP) is 5.62. The minimum Gasteiger partial charge on any atom is -0.423 e. The number of aliphatic hydroxyl groups is 1. The summed E-state index contributed by atoms with van der Waals surface area (Å²) in [7, 11) is 0. The first kappa shape index (κ1) is 21.2. The van der Waals surface area contributed by atoms with Crippen molar-refractivity contribution in [2.45, 2.75) is 33.9 Å². The van der Waals surface area contributed by atoms with Crippen molar-refractivity contribution in [1.29, 1.82) is 0 Å². The highest BCUT2D eigenvalue weighted by Gasteiger charge is 2.64. The van der Waals surface area contributed by atoms with Crippen LogP contribution in [0.25, 0.3) is 22.1 Å². The highest BCUT2D eigenvalue weighted by molar-refractivity contribution is 8.01. The van der Waals surface area contributed by atoms with Gasteiger partial charge in [-0.2, -0.15) is 13.2 Å². The minimum atomic E-state index is -4.79. The van der Waals surface area contributed by atoms with Crippen molar-refractivity contribution in [3.05, 3.63) is 70.3 Å². The Hall–Kier alpha value is -2.69. The van der Waals surface area contributed by atoms with Crippen molar-refractivity contribution >= 4 is 34.1 Å². The van der Waals surface area contributed by atoms with Crippen LogP contribution in [-0.4, -0.2) is 21.3 Å². The zero-order valence-electron chi connectivity index (χ0n) is 16.3. The molecular formula is C22H15F3N2O3S2. The van der Waals surface area contributed by atoms with Gasteiger partial charge in [-0.1, -0.05) is 17.8 Å². The zero-order valence-corrected chi connectivity index (χ0v) is 17.9. The molecule has 4 aromatic rings. The third kappa shape index (κ3) is 3.72. The molecule has 5 rings (SSSR count). The number of thiazole rings is 1. The Kier molecular flexibility index (Phi) is 5.11. The third-order valence-electron chi connectivity index (χ3n) is 5.37. The lowest BCUT2D eigenvalue weighted by molar-refractivity contribution is -0.276. The number of hydrogen-bond acceptors (Lipinski definition) is 7. The van der Waals surface area contributed by atoms with Crippen LogP contribution in [0.15, 0.2) is 72.6 Å². The molecule has 1 fully saturated rings. The van der Waals surface area contributed by atoms with Gasteiger partial charge in [0.25, 0.3) is 0 Å². The minimum absolute atomic E-state index is 0.318. The van der Waals surface area contributed by atoms with Crippen molar-refractivity contribution in [3.63, 3.8) is 0 Å². The number of benzene rings is 1. The fraction of sp³-hybridized carbons (Fsp3) is 0.227. The van der Waals surface area contributed by atoms with E-state index in [1.54, 1.807) is 36.7 Å². The summed E-state index contributed by atoms with van der Waals surface area (Å²) < 4.78 is 46.4. The molecule has 1 aliphatic rings. The third-order valence-corrected chi connectivity index (χ3v) is 7.30. The highest BCUT2D eigenvalue weighted by Crippen LogP contribution is 2.54. The van der Waals surface area contributed by atoms with E-state index in [1.807, 2.05) is 6.07 Å². The van der Waals surface area contributed by atoms with E-state index in [2.05, 4.69) is 9.97 Å². The Labute approximate surface area is 188 Å². The predicted molar refractivity (Wildman–Crippen MR) is 115 cm³/mol. The topological polar surface area (TPSA) is 76.2 Å². The van der Waals surface area contributed by atoms with Crippen LogP contribution in [0, 0.1) is 5.92 Å². The molecular weight excluding hydrogens is 461 g/mol. The van der Waals surface area contributed by atoms with E-state index >= 15 is 0 Å². The Morgan fingerprint density at radius 2 is 2.00 bits per heavy atom. The Morgan fingerprint density at radius 3 is 2.69 bits per heavy atom. The lowest BCUT2D eigenvalue weighted by Crippen LogP contribution is -2.44. The molecule has 164 valence electrons. The van der Waals surface area contributed by atoms with Gasteiger partial charge >= 0.3 is 11.8 Å². The summed E-state index contributed by atoms with van der Waals surface area (Å²) in [5.74, 6) is -0.858. The maximum Gasteiger partial charge on any atom is 0.423 e. The number of halogens is 3. The normalized spacial score (nSPS) is 16.2. The zero-order chi connectivity index (χ0) is 22.5. The average Bonchev–Trinajstić information content (AvgIpc) is 3.51. The van der Waals surface area contributed by atoms with Crippen LogP contribution < -0.4 is 5.63 Å². The second kappa shape index (κ2) is 7.72. The number of pyridine rings is 1. The number of alkyl halides is 3. The van der Waals surface area contributed by atoms with E-state index in [4.69, 9.17) is 4.42 Å². The lowest BCUT2D eigenvalue weighted by atomic mass is 9.94. The van der Waals surface area contributed by atoms with Crippen LogP contribution in [0.2, 0.25) is 0 Å². The molecule has 0 amide bonds. The molecule has 10 heteroatoms. The van der Waals surface area contributed by atoms with Crippen molar-refractivity contribution in [2.75, 3.05) is 0 Å². The summed E-state index contributed by atoms with van der Waals surface area (Å²) in [6.45, 7) is 0. The molecule has 0 spiro atoms. The standard InChI is InChI=1S/C22H15F3N2O3S2/c23-22(24,25)21(29,13-3-4-13)18-11-31-20(27-18)32-14-5-6-15-16(12-2-1-7-26-10-12)9-19(28)30-17(15)8-14/h1-2,5-11,13,29H,3-4H2/t21-/m0/s1. The Morgan fingerprint density at radius 1 is 1.19 bits per heavy atom. The van der Waals surface area contributed by atoms with Crippen LogP contribution in [-0.2, 0) is 5.60 Å². The Bertz CT molecular complexity index is 1350. The van der Waals surface area contributed by atoms with Crippen molar-refractivity contribution in [2.24, 2.45) is 5.92 Å². The van der Waals surface area contributed by atoms with E-state index in [0.29, 0.717) is 38.6 Å². The summed E-state index contributed by atoms with van der Waals surface area (Å²) in [5, 5.41) is 12.4. The maximum absolute atomic E-state index is 13.6. The fourth-order valence-electron chi connectivity index (χ4n) is 3.63. The quantitative estimate of drug-likeness (QED) is 0.377. The van der Waals surface area contributed by atoms with Crippen molar-refractivity contribution in [3.8, 4) is 11.1 Å². The number of rotatable bonds is 5. The van der Waals surface area contributed by atoms with Gasteiger partial charge in [0.15, 0.2) is 4.34 Å². The molecule has 0 aliphatic heterocycles. The largest absolute Gasteiger partial charge is 0.423 e. The van der Waals surface area contributed by atoms with Gasteiger partial charge < -0.3 is 9.52 Å². The van der Waals surface area contributed by atoms with Gasteiger partial charge in [-0.05, 0) is 37.1 Å². The molecule has 3 heterocycles. The summed E-state index contributed by atoms with van der Waals surface area (Å²) in [4.78, 5) is 20.9. The summed E-state index contributed by atoms with van der Waals surface area (Å²) in [5.41, 5.74) is -2.01. The van der Waals surface area contributed by atoms with E-state index in [1.165, 1.54) is 11.4 Å². The molecule has 0 saturated heterocycles. The monoisotopic (exact) mass is 476 g/mol. The molecule has 1 aliphatic carbocycles. The van der Waals surface area contributed by atoms with Gasteiger partial charge in [0.1, 0.15) is 5.58 Å². The van der Waals surface area contributed by atoms with Gasteiger partial charge in [-0.25, -0.2) is 9.78 Å². The van der Waals surface area contributed by atoms with E-state index in [0.717, 1.165) is 28.7 Å². The second-order valence-corrected chi connectivity index (χ2v) is 9.70. The van der Waals surface area contributed by atoms with Gasteiger partial charge in [-0.15, -0.1) is 11.3 Å². The van der Waals surface area contributed by atoms with Gasteiger partial charge in [0.05, 0.1) is 5.69 Å². The number of nitrogens with zero attached hydrogens (tertiary/aromatic N) is 2. The molecule has 0 bridgehead atoms. The van der Waals surface area contributed by atoms with Crippen LogP contribution in [0.4, 0.5) is 13.2 Å². The van der Waals surface area contributed by atoms with Gasteiger partial charge in [0.2, 0.25) is 5.60 Å². The molecule has 3 aromatic heterocycles. The number of aromatic nitrogens is 2. The first-order valence-corrected chi connectivity index (χ1v) is 11.4. The summed E-state index contributed by atoms with van der Waals surface area (Å²) >= 11 is 2.18. The molecule has 5 nitrogen and oxygen atoms in total. The molecule has 1 N–H and O–H groups in total. The van der Waals surface area contributed by atoms with Gasteiger partial charge in [-0.3, -0.25) is 4.98 Å². The lowest BCUT2D eigenvalue weighted by Gasteiger charge is -2.28. The van der Waals surface area contributed by atoms with Crippen LogP contribution in [0.1, 0.15) is 18.5 Å². The maximum atomic E-state index is 13.6. The Balaban J connectivity index is 1.48. The number of hydrogen-bond donors (Lipinski definition) is 1. The van der Waals surface area contributed by atoms with Crippen LogP contribution in [0.3, 0.4) is 0 Å². The SMILES string of the molecule is O=c1cc(-c2cccnc2)c2ccc(Sc3nc([C@@](O)(C4CC4)C(F)(F)F)cs3)cc2o1. The first-order chi connectivity index (χ1) is 15.3. The van der Waals surface area contributed by atoms with E-state index in [-0.39, 0.29) is 5.69 Å². The van der Waals surface area contributed by atoms with Crippen molar-refractivity contribution < 1.29 is 22.7 Å². The smallest absolute Gasteiger partial charge is 0.423 e. The highest BCUT2D eigenvalue weighted by atomic mass is 32.2. The fourth-order valence-corrected chi connectivity index (χ4v) is 5.50. The summed E-state index contributed by atoms with van der Waals surface area (Å²) in [6, 6.07) is 10.2. The molecule has 1 aromatic carbocycles. The molecule has 1 saturated carbocycles. The summed E-state index contributed by atoms with van der Waals surface area (Å²) in [6.07, 6.45) is -0.871. The average molecular weight is 477 g/mol. The number of fused-ring (bicyclic) bond motifs is 1. The van der Waals surface area contributed by atoms with Crippen LogP contribution in [0.5, 0.6) is 0 Å². The first-order valence-electron chi connectivity index (χ1n) is 9.67. The van der Waals surface area contributed by atoms with Crippen LogP contribution >= 0.6 is 23.1 Å². The van der Waals surface area contributed by atoms with E-state index in [9.17, 15) is 23.1 Å². The molecule has 1 atom stereocenters. The molecule has 32 heavy (non-hydrogen) atoms. The van der Waals surface area contributed by atoms with E-state index < -0.39 is 23.3 Å². The molecule has 0 unspecified atom stereocenters. The molecule has 0 radical (unpaired) electrons.